The van der Waals surface area contributed by atoms with Crippen molar-refractivity contribution in [3.8, 4) is 0 Å². The molecular formula is C9H13F5O2. The van der Waals surface area contributed by atoms with Gasteiger partial charge in [0.25, 0.3) is 0 Å². The van der Waals surface area contributed by atoms with Gasteiger partial charge in [-0.2, -0.15) is 22.0 Å². The van der Waals surface area contributed by atoms with Crippen molar-refractivity contribution in [3.05, 3.63) is 0 Å². The van der Waals surface area contributed by atoms with E-state index in [4.69, 9.17) is 5.11 Å². The van der Waals surface area contributed by atoms with Gasteiger partial charge in [-0.25, -0.2) is 0 Å². The van der Waals surface area contributed by atoms with E-state index in [1.54, 1.807) is 0 Å². The Balaban J connectivity index is 4.04. The third kappa shape index (κ3) is 5.27. The minimum Gasteiger partial charge on any atom is -0.481 e. The first-order chi connectivity index (χ1) is 7.06. The number of carboxylic acid groups (broad SMARTS) is 1. The van der Waals surface area contributed by atoms with Crippen LogP contribution in [0.3, 0.4) is 0 Å². The van der Waals surface area contributed by atoms with Crippen molar-refractivity contribution in [2.24, 2.45) is 5.92 Å². The zero-order chi connectivity index (χ0) is 13.0. The highest BCUT2D eigenvalue weighted by Gasteiger charge is 2.57. The van der Waals surface area contributed by atoms with Crippen LogP contribution in [0, 0.1) is 5.92 Å². The molecule has 2 nitrogen and oxygen atoms in total. The predicted molar refractivity (Wildman–Crippen MR) is 46.3 cm³/mol. The summed E-state index contributed by atoms with van der Waals surface area (Å²) in [7, 11) is 0. The summed E-state index contributed by atoms with van der Waals surface area (Å²) in [5, 5.41) is 8.26. The van der Waals surface area contributed by atoms with Gasteiger partial charge in [0.1, 0.15) is 0 Å². The maximum Gasteiger partial charge on any atom is 0.453 e. The fourth-order valence-corrected chi connectivity index (χ4v) is 1.26. The van der Waals surface area contributed by atoms with Crippen molar-refractivity contribution in [1.29, 1.82) is 0 Å². The Morgan fingerprint density at radius 1 is 1.25 bits per heavy atom. The minimum absolute atomic E-state index is 0.0397. The second-order valence-electron chi connectivity index (χ2n) is 3.80. The lowest BCUT2D eigenvalue weighted by Crippen LogP contribution is -2.37. The number of carbonyl (C=O) groups is 1. The van der Waals surface area contributed by atoms with Crippen molar-refractivity contribution in [3.63, 3.8) is 0 Å². The van der Waals surface area contributed by atoms with E-state index in [0.717, 1.165) is 0 Å². The fraction of sp³-hybridized carbons (Fsp3) is 0.889. The molecule has 0 aromatic carbocycles. The highest BCUT2D eigenvalue weighted by Crippen LogP contribution is 2.40. The van der Waals surface area contributed by atoms with E-state index in [9.17, 15) is 26.7 Å². The molecule has 0 rings (SSSR count). The summed E-state index contributed by atoms with van der Waals surface area (Å²) >= 11 is 0. The van der Waals surface area contributed by atoms with Crippen LogP contribution in [0.15, 0.2) is 0 Å². The second kappa shape index (κ2) is 5.45. The monoisotopic (exact) mass is 248 g/mol. The number of halogens is 5. The molecule has 1 unspecified atom stereocenters. The van der Waals surface area contributed by atoms with Gasteiger partial charge in [-0.15, -0.1) is 0 Å². The molecule has 0 fully saturated rings. The van der Waals surface area contributed by atoms with E-state index >= 15 is 0 Å². The molecule has 1 N–H and O–H groups in total. The van der Waals surface area contributed by atoms with Crippen LogP contribution in [0.4, 0.5) is 22.0 Å². The van der Waals surface area contributed by atoms with Crippen LogP contribution < -0.4 is 0 Å². The smallest absolute Gasteiger partial charge is 0.453 e. The van der Waals surface area contributed by atoms with Gasteiger partial charge in [-0.05, 0) is 18.8 Å². The van der Waals surface area contributed by atoms with Crippen molar-refractivity contribution < 1.29 is 31.9 Å². The second-order valence-corrected chi connectivity index (χ2v) is 3.80. The van der Waals surface area contributed by atoms with Crippen molar-refractivity contribution in [2.75, 3.05) is 0 Å². The summed E-state index contributed by atoms with van der Waals surface area (Å²) in [5.41, 5.74) is 0. The van der Waals surface area contributed by atoms with Crippen LogP contribution in [0.2, 0.25) is 0 Å². The van der Waals surface area contributed by atoms with Gasteiger partial charge >= 0.3 is 18.1 Å². The van der Waals surface area contributed by atoms with Crippen molar-refractivity contribution in [1.82, 2.24) is 0 Å². The summed E-state index contributed by atoms with van der Waals surface area (Å²) in [6.07, 6.45) is -6.91. The molecule has 0 amide bonds. The van der Waals surface area contributed by atoms with Gasteiger partial charge in [0.05, 0.1) is 0 Å². The first-order valence-corrected chi connectivity index (χ1v) is 4.72. The third-order valence-electron chi connectivity index (χ3n) is 2.11. The first kappa shape index (κ1) is 15.1. The minimum atomic E-state index is -5.53. The van der Waals surface area contributed by atoms with E-state index in [-0.39, 0.29) is 19.3 Å². The Bertz CT molecular complexity index is 237. The Hall–Kier alpha value is -0.880. The number of aliphatic carboxylic acids is 1. The molecule has 16 heavy (non-hydrogen) atoms. The van der Waals surface area contributed by atoms with Gasteiger partial charge < -0.3 is 5.11 Å². The summed E-state index contributed by atoms with van der Waals surface area (Å²) in [4.78, 5) is 10.1. The van der Waals surface area contributed by atoms with E-state index in [1.165, 1.54) is 6.92 Å². The van der Waals surface area contributed by atoms with E-state index in [1.807, 2.05) is 0 Å². The molecule has 0 bridgehead atoms. The topological polar surface area (TPSA) is 37.3 Å². The van der Waals surface area contributed by atoms with Gasteiger partial charge in [-0.3, -0.25) is 4.79 Å². The van der Waals surface area contributed by atoms with Gasteiger partial charge in [-0.1, -0.05) is 6.92 Å². The molecule has 0 aliphatic heterocycles. The molecule has 7 heteroatoms. The molecule has 0 aromatic rings. The molecule has 0 spiro atoms. The predicted octanol–water partition coefficient (Wildman–Crippen LogP) is 3.47. The van der Waals surface area contributed by atoms with Crippen molar-refractivity contribution >= 4 is 5.97 Å². The summed E-state index contributed by atoms with van der Waals surface area (Å²) < 4.78 is 60.5. The van der Waals surface area contributed by atoms with Gasteiger partial charge in [0.2, 0.25) is 0 Å². The Morgan fingerprint density at radius 3 is 2.12 bits per heavy atom. The largest absolute Gasteiger partial charge is 0.481 e. The zero-order valence-electron chi connectivity index (χ0n) is 8.65. The lowest BCUT2D eigenvalue weighted by molar-refractivity contribution is -0.287. The van der Waals surface area contributed by atoms with Gasteiger partial charge in [0, 0.05) is 12.8 Å². The average Bonchev–Trinajstić information content (AvgIpc) is 1.99. The Labute approximate surface area is 89.4 Å². The lowest BCUT2D eigenvalue weighted by Gasteiger charge is -2.22. The third-order valence-corrected chi connectivity index (χ3v) is 2.11. The van der Waals surface area contributed by atoms with Gasteiger partial charge in [0.15, 0.2) is 0 Å². The quantitative estimate of drug-likeness (QED) is 0.731. The summed E-state index contributed by atoms with van der Waals surface area (Å²) in [6.45, 7) is 1.25. The molecule has 0 aliphatic carbocycles. The van der Waals surface area contributed by atoms with Crippen molar-refractivity contribution in [2.45, 2.75) is 44.7 Å². The van der Waals surface area contributed by atoms with E-state index in [0.29, 0.717) is 0 Å². The lowest BCUT2D eigenvalue weighted by atomic mass is 9.96. The molecule has 0 heterocycles. The maximum absolute atomic E-state index is 12.5. The number of alkyl halides is 5. The standard InChI is InChI=1S/C9H13F5O2/c1-6(3-2-4-7(15)16)5-8(10,11)9(12,13)14/h6H,2-5H2,1H3,(H,15,16). The van der Waals surface area contributed by atoms with E-state index < -0.39 is 30.4 Å². The number of hydrogen-bond donors (Lipinski definition) is 1. The van der Waals surface area contributed by atoms with Crippen LogP contribution >= 0.6 is 0 Å². The van der Waals surface area contributed by atoms with Crippen LogP contribution in [0.1, 0.15) is 32.6 Å². The fourth-order valence-electron chi connectivity index (χ4n) is 1.26. The molecule has 0 saturated heterocycles. The van der Waals surface area contributed by atoms with E-state index in [2.05, 4.69) is 0 Å². The molecular weight excluding hydrogens is 235 g/mol. The summed E-state index contributed by atoms with van der Waals surface area (Å²) in [6, 6.07) is 0. The average molecular weight is 248 g/mol. The SMILES string of the molecule is CC(CCCC(=O)O)CC(F)(F)C(F)(F)F. The Morgan fingerprint density at radius 2 is 1.75 bits per heavy atom. The number of hydrogen-bond acceptors (Lipinski definition) is 1. The zero-order valence-corrected chi connectivity index (χ0v) is 8.65. The highest BCUT2D eigenvalue weighted by molar-refractivity contribution is 5.66. The maximum atomic E-state index is 12.5. The van der Waals surface area contributed by atoms with Crippen LogP contribution in [0.25, 0.3) is 0 Å². The molecule has 1 atom stereocenters. The molecule has 0 aliphatic rings. The number of carboxylic acids is 1. The molecule has 96 valence electrons. The molecule has 0 saturated carbocycles. The molecule has 0 radical (unpaired) electrons. The van der Waals surface area contributed by atoms with Crippen LogP contribution in [0.5, 0.6) is 0 Å². The normalized spacial score (nSPS) is 14.9. The first-order valence-electron chi connectivity index (χ1n) is 4.72. The molecule has 0 aromatic heterocycles. The van der Waals surface area contributed by atoms with Crippen LogP contribution in [-0.4, -0.2) is 23.2 Å². The highest BCUT2D eigenvalue weighted by atomic mass is 19.4. The van der Waals surface area contributed by atoms with Crippen LogP contribution in [-0.2, 0) is 4.79 Å². The Kier molecular flexibility index (Phi) is 5.15. The number of rotatable bonds is 6. The summed E-state index contributed by atoms with van der Waals surface area (Å²) in [5.74, 6) is -6.65.